The molecule has 1 saturated carbocycles. The van der Waals surface area contributed by atoms with Crippen molar-refractivity contribution in [3.63, 3.8) is 0 Å². The van der Waals surface area contributed by atoms with Crippen LogP contribution in [0.25, 0.3) is 0 Å². The van der Waals surface area contributed by atoms with Crippen molar-refractivity contribution in [2.75, 3.05) is 6.54 Å². The molecule has 78 valence electrons. The van der Waals surface area contributed by atoms with Gasteiger partial charge in [0, 0.05) is 18.5 Å². The van der Waals surface area contributed by atoms with Gasteiger partial charge in [-0.25, -0.2) is 8.78 Å². The highest BCUT2D eigenvalue weighted by Gasteiger charge is 2.72. The zero-order valence-electron chi connectivity index (χ0n) is 8.23. The summed E-state index contributed by atoms with van der Waals surface area (Å²) in [6.45, 7) is 3.43. The molecule has 2 N–H and O–H groups in total. The van der Waals surface area contributed by atoms with Crippen LogP contribution in [0.2, 0.25) is 0 Å². The van der Waals surface area contributed by atoms with Crippen LogP contribution in [-0.4, -0.2) is 12.5 Å². The molecule has 1 aromatic heterocycles. The molecular weight excluding hydrogens is 188 g/mol. The van der Waals surface area contributed by atoms with Crippen LogP contribution in [0.1, 0.15) is 23.5 Å². The van der Waals surface area contributed by atoms with Crippen molar-refractivity contribution in [2.45, 2.75) is 31.6 Å². The topological polar surface area (TPSA) is 39.2 Å². The van der Waals surface area contributed by atoms with Crippen LogP contribution in [0.5, 0.6) is 0 Å². The Hall–Kier alpha value is -0.900. The first-order chi connectivity index (χ1) is 6.43. The van der Waals surface area contributed by atoms with Gasteiger partial charge < -0.3 is 10.2 Å². The summed E-state index contributed by atoms with van der Waals surface area (Å²) in [7, 11) is 0. The Balaban J connectivity index is 2.45. The van der Waals surface area contributed by atoms with Gasteiger partial charge in [-0.2, -0.15) is 0 Å². The van der Waals surface area contributed by atoms with E-state index in [1.54, 1.807) is 19.9 Å². The van der Waals surface area contributed by atoms with E-state index in [2.05, 4.69) is 0 Å². The van der Waals surface area contributed by atoms with E-state index in [9.17, 15) is 8.78 Å². The summed E-state index contributed by atoms with van der Waals surface area (Å²) < 4.78 is 31.7. The summed E-state index contributed by atoms with van der Waals surface area (Å²) in [5.74, 6) is -1.44. The van der Waals surface area contributed by atoms with Crippen molar-refractivity contribution in [3.05, 3.63) is 23.2 Å². The van der Waals surface area contributed by atoms with Gasteiger partial charge in [0.15, 0.2) is 0 Å². The second-order valence-corrected chi connectivity index (χ2v) is 3.99. The maximum absolute atomic E-state index is 13.2. The van der Waals surface area contributed by atoms with Crippen LogP contribution in [0.4, 0.5) is 8.78 Å². The molecule has 1 aromatic rings. The lowest BCUT2D eigenvalue weighted by Gasteiger charge is -2.12. The summed E-state index contributed by atoms with van der Waals surface area (Å²) in [5.41, 5.74) is 4.85. The SMILES string of the molecule is Cc1cc(C2(CN)CC2(F)F)c(C)o1. The quantitative estimate of drug-likeness (QED) is 0.796. The first-order valence-corrected chi connectivity index (χ1v) is 4.58. The van der Waals surface area contributed by atoms with Crippen LogP contribution in [0.15, 0.2) is 10.5 Å². The maximum Gasteiger partial charge on any atom is 0.260 e. The molecule has 14 heavy (non-hydrogen) atoms. The highest BCUT2D eigenvalue weighted by atomic mass is 19.3. The number of nitrogens with two attached hydrogens (primary N) is 1. The minimum absolute atomic E-state index is 0.0280. The number of alkyl halides is 2. The van der Waals surface area contributed by atoms with Crippen molar-refractivity contribution < 1.29 is 13.2 Å². The van der Waals surface area contributed by atoms with Gasteiger partial charge in [-0.05, 0) is 19.9 Å². The molecule has 1 aliphatic carbocycles. The molecular formula is C10H13F2NO. The van der Waals surface area contributed by atoms with E-state index < -0.39 is 11.3 Å². The fourth-order valence-corrected chi connectivity index (χ4v) is 2.06. The van der Waals surface area contributed by atoms with E-state index in [0.29, 0.717) is 17.1 Å². The Kier molecular flexibility index (Phi) is 1.77. The number of rotatable bonds is 2. The Morgan fingerprint density at radius 1 is 1.50 bits per heavy atom. The highest BCUT2D eigenvalue weighted by molar-refractivity contribution is 5.41. The molecule has 0 spiro atoms. The Bertz CT molecular complexity index is 372. The predicted octanol–water partition coefficient (Wildman–Crippen LogP) is 2.13. The van der Waals surface area contributed by atoms with Crippen molar-refractivity contribution in [1.82, 2.24) is 0 Å². The fourth-order valence-electron chi connectivity index (χ4n) is 2.06. The van der Waals surface area contributed by atoms with Crippen LogP contribution in [0, 0.1) is 13.8 Å². The van der Waals surface area contributed by atoms with E-state index in [1.165, 1.54) is 0 Å². The molecule has 0 radical (unpaired) electrons. The predicted molar refractivity (Wildman–Crippen MR) is 48.5 cm³/mol. The average molecular weight is 201 g/mol. The summed E-state index contributed by atoms with van der Waals surface area (Å²) in [6.07, 6.45) is -0.156. The molecule has 2 nitrogen and oxygen atoms in total. The summed E-state index contributed by atoms with van der Waals surface area (Å²) in [4.78, 5) is 0. The molecule has 1 atom stereocenters. The van der Waals surface area contributed by atoms with E-state index >= 15 is 0 Å². The molecule has 0 bridgehead atoms. The monoisotopic (exact) mass is 201 g/mol. The molecule has 0 aromatic carbocycles. The molecule has 1 heterocycles. The van der Waals surface area contributed by atoms with Gasteiger partial charge in [0.05, 0.1) is 5.41 Å². The molecule has 1 aliphatic rings. The third-order valence-corrected chi connectivity index (χ3v) is 3.00. The van der Waals surface area contributed by atoms with Crippen LogP contribution in [0.3, 0.4) is 0 Å². The van der Waals surface area contributed by atoms with Gasteiger partial charge in [-0.1, -0.05) is 0 Å². The average Bonchev–Trinajstić information content (AvgIpc) is 2.48. The number of halogens is 2. The number of hydrogen-bond donors (Lipinski definition) is 1. The van der Waals surface area contributed by atoms with E-state index in [1.807, 2.05) is 0 Å². The second-order valence-electron chi connectivity index (χ2n) is 3.99. The number of furan rings is 1. The first kappa shape index (κ1) is 9.65. The van der Waals surface area contributed by atoms with E-state index in [0.717, 1.165) is 0 Å². The van der Waals surface area contributed by atoms with Crippen molar-refractivity contribution >= 4 is 0 Å². The molecule has 2 rings (SSSR count). The molecule has 0 saturated heterocycles. The molecule has 0 aliphatic heterocycles. The van der Waals surface area contributed by atoms with Crippen LogP contribution >= 0.6 is 0 Å². The Morgan fingerprint density at radius 3 is 2.36 bits per heavy atom. The first-order valence-electron chi connectivity index (χ1n) is 4.58. The zero-order chi connectivity index (χ0) is 10.6. The molecule has 4 heteroatoms. The number of hydrogen-bond acceptors (Lipinski definition) is 2. The summed E-state index contributed by atoms with van der Waals surface area (Å²) in [6, 6.07) is 1.67. The largest absolute Gasteiger partial charge is 0.466 e. The lowest BCUT2D eigenvalue weighted by atomic mass is 9.96. The fraction of sp³-hybridized carbons (Fsp3) is 0.600. The van der Waals surface area contributed by atoms with Gasteiger partial charge in [0.2, 0.25) is 0 Å². The maximum atomic E-state index is 13.2. The zero-order valence-corrected chi connectivity index (χ0v) is 8.23. The minimum Gasteiger partial charge on any atom is -0.466 e. The van der Waals surface area contributed by atoms with Gasteiger partial charge >= 0.3 is 0 Å². The highest BCUT2D eigenvalue weighted by Crippen LogP contribution is 2.61. The van der Waals surface area contributed by atoms with Crippen LogP contribution < -0.4 is 5.73 Å². The third kappa shape index (κ3) is 1.03. The van der Waals surface area contributed by atoms with Crippen LogP contribution in [-0.2, 0) is 5.41 Å². The van der Waals surface area contributed by atoms with Crippen molar-refractivity contribution in [2.24, 2.45) is 5.73 Å². The summed E-state index contributed by atoms with van der Waals surface area (Å²) >= 11 is 0. The third-order valence-electron chi connectivity index (χ3n) is 3.00. The normalized spacial score (nSPS) is 29.2. The summed E-state index contributed by atoms with van der Waals surface area (Å²) in [5, 5.41) is 0. The molecule has 1 fully saturated rings. The van der Waals surface area contributed by atoms with Crippen molar-refractivity contribution in [1.29, 1.82) is 0 Å². The smallest absolute Gasteiger partial charge is 0.260 e. The molecule has 1 unspecified atom stereocenters. The Morgan fingerprint density at radius 2 is 2.07 bits per heavy atom. The van der Waals surface area contributed by atoms with E-state index in [4.69, 9.17) is 10.2 Å². The second kappa shape index (κ2) is 2.57. The minimum atomic E-state index is -2.66. The van der Waals surface area contributed by atoms with Gasteiger partial charge in [-0.15, -0.1) is 0 Å². The lowest BCUT2D eigenvalue weighted by molar-refractivity contribution is 0.0892. The van der Waals surface area contributed by atoms with Gasteiger partial charge in [0.25, 0.3) is 5.92 Å². The number of aryl methyl sites for hydroxylation is 2. The lowest BCUT2D eigenvalue weighted by Crippen LogP contribution is -2.26. The Labute approximate surface area is 81.1 Å². The van der Waals surface area contributed by atoms with Crippen molar-refractivity contribution in [3.8, 4) is 0 Å². The van der Waals surface area contributed by atoms with Gasteiger partial charge in [0.1, 0.15) is 11.5 Å². The standard InChI is InChI=1S/C10H13F2NO/c1-6-3-8(7(2)14-6)9(5-13)4-10(9,11)12/h3H,4-5,13H2,1-2H3. The van der Waals surface area contributed by atoms with Gasteiger partial charge in [-0.3, -0.25) is 0 Å². The van der Waals surface area contributed by atoms with E-state index in [-0.39, 0.29) is 13.0 Å². The molecule has 0 amide bonds.